The van der Waals surface area contributed by atoms with E-state index in [1.165, 1.54) is 17.0 Å². The normalized spacial score (nSPS) is 11.4. The average Bonchev–Trinajstić information content (AvgIpc) is 2.58. The lowest BCUT2D eigenvalue weighted by Crippen LogP contribution is -2.17. The molecule has 1 aromatic heterocycles. The van der Waals surface area contributed by atoms with Crippen molar-refractivity contribution < 1.29 is 8.42 Å². The Labute approximate surface area is 109 Å². The molecule has 0 unspecified atom stereocenters. The van der Waals surface area contributed by atoms with E-state index in [0.29, 0.717) is 10.7 Å². The average molecular weight is 287 g/mol. The SMILES string of the molecule is Cn1cnc(N)c1S(=O)(=O)Nc1cccc(Cl)c1. The van der Waals surface area contributed by atoms with Gasteiger partial charge in [0.05, 0.1) is 12.0 Å². The molecule has 2 aromatic rings. The van der Waals surface area contributed by atoms with Crippen molar-refractivity contribution in [2.75, 3.05) is 10.5 Å². The van der Waals surface area contributed by atoms with Crippen LogP contribution >= 0.6 is 11.6 Å². The van der Waals surface area contributed by atoms with Gasteiger partial charge in [0.15, 0.2) is 10.8 Å². The zero-order chi connectivity index (χ0) is 13.3. The van der Waals surface area contributed by atoms with Crippen LogP contribution < -0.4 is 10.5 Å². The van der Waals surface area contributed by atoms with Crippen LogP contribution in [0.4, 0.5) is 11.5 Å². The summed E-state index contributed by atoms with van der Waals surface area (Å²) in [5.41, 5.74) is 5.90. The van der Waals surface area contributed by atoms with Gasteiger partial charge in [-0.2, -0.15) is 8.42 Å². The molecule has 6 nitrogen and oxygen atoms in total. The number of hydrogen-bond donors (Lipinski definition) is 2. The summed E-state index contributed by atoms with van der Waals surface area (Å²) in [6.07, 6.45) is 1.34. The minimum absolute atomic E-state index is 0.0490. The molecule has 2 rings (SSSR count). The number of anilines is 2. The molecule has 18 heavy (non-hydrogen) atoms. The Morgan fingerprint density at radius 2 is 2.17 bits per heavy atom. The number of rotatable bonds is 3. The number of nitrogens with one attached hydrogen (secondary N) is 1. The fourth-order valence-corrected chi connectivity index (χ4v) is 3.00. The molecule has 0 radical (unpaired) electrons. The van der Waals surface area contributed by atoms with E-state index in [4.69, 9.17) is 17.3 Å². The molecule has 0 fully saturated rings. The third kappa shape index (κ3) is 2.41. The van der Waals surface area contributed by atoms with E-state index in [-0.39, 0.29) is 10.8 Å². The molecule has 0 atom stereocenters. The van der Waals surface area contributed by atoms with Gasteiger partial charge in [0.25, 0.3) is 10.0 Å². The van der Waals surface area contributed by atoms with E-state index >= 15 is 0 Å². The van der Waals surface area contributed by atoms with Gasteiger partial charge >= 0.3 is 0 Å². The van der Waals surface area contributed by atoms with Crippen LogP contribution in [0.1, 0.15) is 0 Å². The number of hydrogen-bond acceptors (Lipinski definition) is 4. The summed E-state index contributed by atoms with van der Waals surface area (Å²) in [5.74, 6) is -0.0490. The van der Waals surface area contributed by atoms with Crippen molar-refractivity contribution in [3.8, 4) is 0 Å². The second-order valence-electron chi connectivity index (χ2n) is 3.66. The lowest BCUT2D eigenvalue weighted by Gasteiger charge is -2.09. The van der Waals surface area contributed by atoms with Crippen LogP contribution in [-0.4, -0.2) is 18.0 Å². The van der Waals surface area contributed by atoms with E-state index in [0.717, 1.165) is 0 Å². The molecule has 0 spiro atoms. The molecule has 0 amide bonds. The Morgan fingerprint density at radius 1 is 1.44 bits per heavy atom. The third-order valence-electron chi connectivity index (χ3n) is 2.24. The van der Waals surface area contributed by atoms with Crippen LogP contribution in [0.3, 0.4) is 0 Å². The summed E-state index contributed by atoms with van der Waals surface area (Å²) in [6, 6.07) is 6.40. The Kier molecular flexibility index (Phi) is 3.18. The molecule has 8 heteroatoms. The van der Waals surface area contributed by atoms with Gasteiger partial charge < -0.3 is 10.3 Å². The van der Waals surface area contributed by atoms with Crippen LogP contribution in [0.5, 0.6) is 0 Å². The van der Waals surface area contributed by atoms with Crippen molar-refractivity contribution in [3.05, 3.63) is 35.6 Å². The number of imidazole rings is 1. The second kappa shape index (κ2) is 4.51. The lowest BCUT2D eigenvalue weighted by molar-refractivity contribution is 0.592. The lowest BCUT2D eigenvalue weighted by atomic mass is 10.3. The van der Waals surface area contributed by atoms with Gasteiger partial charge in [-0.15, -0.1) is 0 Å². The fraction of sp³-hybridized carbons (Fsp3) is 0.100. The van der Waals surface area contributed by atoms with Crippen molar-refractivity contribution in [1.29, 1.82) is 0 Å². The van der Waals surface area contributed by atoms with Crippen LogP contribution in [0.2, 0.25) is 5.02 Å². The highest BCUT2D eigenvalue weighted by Crippen LogP contribution is 2.21. The van der Waals surface area contributed by atoms with E-state index in [9.17, 15) is 8.42 Å². The van der Waals surface area contributed by atoms with Crippen molar-refractivity contribution in [2.24, 2.45) is 7.05 Å². The fourth-order valence-electron chi connectivity index (χ4n) is 1.52. The van der Waals surface area contributed by atoms with Gasteiger partial charge in [-0.3, -0.25) is 4.72 Å². The number of aryl methyl sites for hydroxylation is 1. The van der Waals surface area contributed by atoms with E-state index in [2.05, 4.69) is 9.71 Å². The molecule has 0 bridgehead atoms. The molecule has 96 valence electrons. The quantitative estimate of drug-likeness (QED) is 0.894. The zero-order valence-corrected chi connectivity index (χ0v) is 11.0. The smallest absolute Gasteiger partial charge is 0.281 e. The second-order valence-corrected chi connectivity index (χ2v) is 5.70. The molecule has 3 N–H and O–H groups in total. The van der Waals surface area contributed by atoms with Gasteiger partial charge in [-0.05, 0) is 18.2 Å². The van der Waals surface area contributed by atoms with Crippen LogP contribution in [-0.2, 0) is 17.1 Å². The number of nitrogens with zero attached hydrogens (tertiary/aromatic N) is 2. The highest BCUT2D eigenvalue weighted by Gasteiger charge is 2.22. The van der Waals surface area contributed by atoms with Crippen LogP contribution in [0.25, 0.3) is 0 Å². The topological polar surface area (TPSA) is 90.0 Å². The maximum absolute atomic E-state index is 12.1. The first kappa shape index (κ1) is 12.7. The molecule has 0 aliphatic heterocycles. The maximum Gasteiger partial charge on any atom is 0.281 e. The van der Waals surface area contributed by atoms with Crippen molar-refractivity contribution in [1.82, 2.24) is 9.55 Å². The zero-order valence-electron chi connectivity index (χ0n) is 9.46. The summed E-state index contributed by atoms with van der Waals surface area (Å²) in [4.78, 5) is 3.74. The standard InChI is InChI=1S/C10H11ClN4O2S/c1-15-6-13-9(12)10(15)18(16,17)14-8-4-2-3-7(11)5-8/h2-6,14H,12H2,1H3. The summed E-state index contributed by atoms with van der Waals surface area (Å²) in [5, 5.41) is 0.357. The van der Waals surface area contributed by atoms with Gasteiger partial charge in [-0.1, -0.05) is 17.7 Å². The van der Waals surface area contributed by atoms with E-state index < -0.39 is 10.0 Å². The largest absolute Gasteiger partial charge is 0.381 e. The highest BCUT2D eigenvalue weighted by atomic mass is 35.5. The summed E-state index contributed by atoms with van der Waals surface area (Å²) < 4.78 is 28.0. The predicted molar refractivity (Wildman–Crippen MR) is 69.9 cm³/mol. The van der Waals surface area contributed by atoms with Crippen LogP contribution in [0.15, 0.2) is 35.6 Å². The number of aromatic nitrogens is 2. The summed E-state index contributed by atoms with van der Waals surface area (Å²) in [7, 11) is -2.23. The molecular weight excluding hydrogens is 276 g/mol. The Bertz CT molecular complexity index is 661. The minimum Gasteiger partial charge on any atom is -0.381 e. The van der Waals surface area contributed by atoms with Gasteiger partial charge in [-0.25, -0.2) is 4.98 Å². The van der Waals surface area contributed by atoms with Gasteiger partial charge in [0.1, 0.15) is 0 Å². The van der Waals surface area contributed by atoms with Crippen molar-refractivity contribution in [2.45, 2.75) is 5.03 Å². The van der Waals surface area contributed by atoms with E-state index in [1.54, 1.807) is 25.2 Å². The van der Waals surface area contributed by atoms with E-state index in [1.807, 2.05) is 0 Å². The summed E-state index contributed by atoms with van der Waals surface area (Å²) in [6.45, 7) is 0. The Balaban J connectivity index is 2.39. The van der Waals surface area contributed by atoms with Crippen molar-refractivity contribution in [3.63, 3.8) is 0 Å². The third-order valence-corrected chi connectivity index (χ3v) is 3.99. The number of benzene rings is 1. The first-order chi connectivity index (χ1) is 8.40. The molecule has 1 aromatic carbocycles. The molecule has 0 aliphatic rings. The minimum atomic E-state index is -3.78. The summed E-state index contributed by atoms with van der Waals surface area (Å²) >= 11 is 5.78. The molecule has 0 saturated heterocycles. The number of nitrogen functional groups attached to an aromatic ring is 1. The van der Waals surface area contributed by atoms with Crippen LogP contribution in [0, 0.1) is 0 Å². The Morgan fingerprint density at radius 3 is 2.72 bits per heavy atom. The first-order valence-electron chi connectivity index (χ1n) is 4.95. The number of nitrogens with two attached hydrogens (primary N) is 1. The molecule has 0 aliphatic carbocycles. The maximum atomic E-state index is 12.1. The highest BCUT2D eigenvalue weighted by molar-refractivity contribution is 7.92. The van der Waals surface area contributed by atoms with Gasteiger partial charge in [0, 0.05) is 12.1 Å². The molecule has 1 heterocycles. The number of sulfonamides is 1. The first-order valence-corrected chi connectivity index (χ1v) is 6.81. The Hall–Kier alpha value is -1.73. The molecular formula is C10H11ClN4O2S. The van der Waals surface area contributed by atoms with Crippen molar-refractivity contribution >= 4 is 33.1 Å². The molecule has 0 saturated carbocycles. The monoisotopic (exact) mass is 286 g/mol. The van der Waals surface area contributed by atoms with Gasteiger partial charge in [0.2, 0.25) is 0 Å². The number of halogens is 1. The predicted octanol–water partition coefficient (Wildman–Crippen LogP) is 1.46.